The Kier molecular flexibility index (Phi) is 5.12. The molecule has 0 bridgehead atoms. The van der Waals surface area contributed by atoms with Gasteiger partial charge in [0.25, 0.3) is 5.91 Å². The maximum absolute atomic E-state index is 12.0. The minimum Gasteiger partial charge on any atom is -0.351 e. The maximum atomic E-state index is 12.0. The molecule has 5 nitrogen and oxygen atoms in total. The Morgan fingerprint density at radius 2 is 2.24 bits per heavy atom. The number of aromatic nitrogens is 2. The van der Waals surface area contributed by atoms with E-state index in [1.807, 2.05) is 20.8 Å². The van der Waals surface area contributed by atoms with Crippen LogP contribution in [-0.4, -0.2) is 16.0 Å². The van der Waals surface area contributed by atoms with Gasteiger partial charge in [-0.3, -0.25) is 4.79 Å². The monoisotopic (exact) mass is 307 g/mol. The molecule has 2 aromatic heterocycles. The Bertz CT molecular complexity index is 616. The van der Waals surface area contributed by atoms with Gasteiger partial charge in [-0.15, -0.1) is 11.3 Å². The molecule has 1 N–H and O–H groups in total. The Balaban J connectivity index is 1.97. The van der Waals surface area contributed by atoms with Crippen molar-refractivity contribution in [2.45, 2.75) is 53.0 Å². The number of amides is 1. The molecule has 114 valence electrons. The summed E-state index contributed by atoms with van der Waals surface area (Å²) in [6.45, 7) is 8.60. The van der Waals surface area contributed by atoms with Crippen molar-refractivity contribution in [2.24, 2.45) is 0 Å². The van der Waals surface area contributed by atoms with E-state index >= 15 is 0 Å². The third-order valence-corrected chi connectivity index (χ3v) is 4.37. The van der Waals surface area contributed by atoms with E-state index in [0.717, 1.165) is 34.1 Å². The molecule has 2 aromatic rings. The lowest BCUT2D eigenvalue weighted by atomic mass is 10.1. The fourth-order valence-corrected chi connectivity index (χ4v) is 3.00. The molecule has 0 radical (unpaired) electrons. The van der Waals surface area contributed by atoms with Gasteiger partial charge in [0.05, 0.1) is 22.9 Å². The van der Waals surface area contributed by atoms with Gasteiger partial charge in [0.2, 0.25) is 5.76 Å². The van der Waals surface area contributed by atoms with E-state index in [-0.39, 0.29) is 17.6 Å². The van der Waals surface area contributed by atoms with Crippen LogP contribution >= 0.6 is 11.3 Å². The largest absolute Gasteiger partial charge is 0.351 e. The van der Waals surface area contributed by atoms with Crippen molar-refractivity contribution in [3.05, 3.63) is 33.1 Å². The van der Waals surface area contributed by atoms with Gasteiger partial charge >= 0.3 is 0 Å². The summed E-state index contributed by atoms with van der Waals surface area (Å²) in [6.07, 6.45) is 2.06. The first-order chi connectivity index (χ1) is 10.0. The second kappa shape index (κ2) is 6.85. The lowest BCUT2D eigenvalue weighted by Crippen LogP contribution is -2.22. The van der Waals surface area contributed by atoms with Crippen LogP contribution in [0.5, 0.6) is 0 Å². The average molecular weight is 307 g/mol. The predicted molar refractivity (Wildman–Crippen MR) is 82.6 cm³/mol. The van der Waals surface area contributed by atoms with E-state index in [0.29, 0.717) is 6.54 Å². The predicted octanol–water partition coefficient (Wildman–Crippen LogP) is 3.45. The molecule has 6 heteroatoms. The number of hydrogen-bond acceptors (Lipinski definition) is 5. The summed E-state index contributed by atoms with van der Waals surface area (Å²) in [6, 6.07) is 1.70. The van der Waals surface area contributed by atoms with Crippen molar-refractivity contribution in [1.29, 1.82) is 0 Å². The molecule has 0 aromatic carbocycles. The summed E-state index contributed by atoms with van der Waals surface area (Å²) in [7, 11) is 0. The van der Waals surface area contributed by atoms with Crippen LogP contribution in [0.1, 0.15) is 64.9 Å². The SMILES string of the molecule is CCCc1nc(C)c(CNC(=O)c2cc(C(C)C)no2)s1. The highest BCUT2D eigenvalue weighted by Crippen LogP contribution is 2.19. The number of nitrogens with zero attached hydrogens (tertiary/aromatic N) is 2. The summed E-state index contributed by atoms with van der Waals surface area (Å²) < 4.78 is 5.08. The molecule has 1 amide bonds. The first-order valence-corrected chi connectivity index (χ1v) is 8.02. The Labute approximate surface area is 128 Å². The van der Waals surface area contributed by atoms with E-state index in [9.17, 15) is 4.79 Å². The maximum Gasteiger partial charge on any atom is 0.290 e. The quantitative estimate of drug-likeness (QED) is 0.887. The van der Waals surface area contributed by atoms with Crippen molar-refractivity contribution in [3.63, 3.8) is 0 Å². The number of aryl methyl sites for hydroxylation is 2. The fourth-order valence-electron chi connectivity index (χ4n) is 1.89. The summed E-state index contributed by atoms with van der Waals surface area (Å²) >= 11 is 1.66. The first kappa shape index (κ1) is 15.7. The van der Waals surface area contributed by atoms with E-state index in [1.54, 1.807) is 17.4 Å². The molecular weight excluding hydrogens is 286 g/mol. The third kappa shape index (κ3) is 3.91. The van der Waals surface area contributed by atoms with Gasteiger partial charge in [0, 0.05) is 10.9 Å². The lowest BCUT2D eigenvalue weighted by Gasteiger charge is -2.00. The summed E-state index contributed by atoms with van der Waals surface area (Å²) in [4.78, 5) is 17.6. The lowest BCUT2D eigenvalue weighted by molar-refractivity contribution is 0.0914. The molecule has 0 aliphatic heterocycles. The van der Waals surface area contributed by atoms with Gasteiger partial charge in [-0.25, -0.2) is 4.98 Å². The van der Waals surface area contributed by atoms with Crippen LogP contribution in [0, 0.1) is 6.92 Å². The van der Waals surface area contributed by atoms with E-state index < -0.39 is 0 Å². The van der Waals surface area contributed by atoms with E-state index in [2.05, 4.69) is 22.4 Å². The highest BCUT2D eigenvalue weighted by atomic mass is 32.1. The third-order valence-electron chi connectivity index (χ3n) is 3.15. The second-order valence-corrected chi connectivity index (χ2v) is 6.49. The van der Waals surface area contributed by atoms with Gasteiger partial charge in [-0.2, -0.15) is 0 Å². The Morgan fingerprint density at radius 3 is 2.86 bits per heavy atom. The van der Waals surface area contributed by atoms with E-state index in [1.165, 1.54) is 0 Å². The van der Waals surface area contributed by atoms with Gasteiger partial charge < -0.3 is 9.84 Å². The van der Waals surface area contributed by atoms with Crippen molar-refractivity contribution < 1.29 is 9.32 Å². The van der Waals surface area contributed by atoms with Gasteiger partial charge in [-0.1, -0.05) is 25.9 Å². The summed E-state index contributed by atoms with van der Waals surface area (Å²) in [5.74, 6) is 0.268. The zero-order valence-electron chi connectivity index (χ0n) is 12.9. The van der Waals surface area contributed by atoms with Crippen LogP contribution < -0.4 is 5.32 Å². The molecule has 0 spiro atoms. The van der Waals surface area contributed by atoms with Gasteiger partial charge in [0.1, 0.15) is 0 Å². The molecular formula is C15H21N3O2S. The minimum absolute atomic E-state index is 0.237. The topological polar surface area (TPSA) is 68.0 Å². The Hall–Kier alpha value is -1.69. The summed E-state index contributed by atoms with van der Waals surface area (Å²) in [5, 5.41) is 7.88. The Morgan fingerprint density at radius 1 is 1.48 bits per heavy atom. The molecule has 0 fully saturated rings. The van der Waals surface area contributed by atoms with Crippen molar-refractivity contribution in [1.82, 2.24) is 15.5 Å². The highest BCUT2D eigenvalue weighted by Gasteiger charge is 2.15. The number of rotatable bonds is 6. The normalized spacial score (nSPS) is 11.1. The molecule has 0 aliphatic carbocycles. The molecule has 0 saturated carbocycles. The zero-order chi connectivity index (χ0) is 15.4. The van der Waals surface area contributed by atoms with Crippen LogP contribution in [-0.2, 0) is 13.0 Å². The van der Waals surface area contributed by atoms with E-state index in [4.69, 9.17) is 4.52 Å². The molecule has 2 rings (SSSR count). The van der Waals surface area contributed by atoms with Crippen LogP contribution in [0.4, 0.5) is 0 Å². The molecule has 21 heavy (non-hydrogen) atoms. The van der Waals surface area contributed by atoms with Crippen LogP contribution in [0.3, 0.4) is 0 Å². The number of carbonyl (C=O) groups is 1. The van der Waals surface area contributed by atoms with Gasteiger partial charge in [-0.05, 0) is 25.7 Å². The van der Waals surface area contributed by atoms with Crippen molar-refractivity contribution in [2.75, 3.05) is 0 Å². The highest BCUT2D eigenvalue weighted by molar-refractivity contribution is 7.11. The second-order valence-electron chi connectivity index (χ2n) is 5.32. The number of hydrogen-bond donors (Lipinski definition) is 1. The fraction of sp³-hybridized carbons (Fsp3) is 0.533. The molecule has 0 atom stereocenters. The minimum atomic E-state index is -0.237. The van der Waals surface area contributed by atoms with Crippen molar-refractivity contribution in [3.8, 4) is 0 Å². The summed E-state index contributed by atoms with van der Waals surface area (Å²) in [5.41, 5.74) is 1.78. The molecule has 0 saturated heterocycles. The van der Waals surface area contributed by atoms with Gasteiger partial charge in [0.15, 0.2) is 0 Å². The van der Waals surface area contributed by atoms with Crippen LogP contribution in [0.15, 0.2) is 10.6 Å². The molecule has 2 heterocycles. The van der Waals surface area contributed by atoms with Crippen LogP contribution in [0.2, 0.25) is 0 Å². The number of nitrogens with one attached hydrogen (secondary N) is 1. The molecule has 0 aliphatic rings. The molecule has 0 unspecified atom stereocenters. The first-order valence-electron chi connectivity index (χ1n) is 7.21. The average Bonchev–Trinajstić information content (AvgIpc) is 3.04. The number of carbonyl (C=O) groups excluding carboxylic acids is 1. The smallest absolute Gasteiger partial charge is 0.290 e. The standard InChI is InChI=1S/C15H21N3O2S/c1-5-6-14-17-10(4)13(21-14)8-16-15(19)12-7-11(9(2)3)18-20-12/h7,9H,5-6,8H2,1-4H3,(H,16,19). The van der Waals surface area contributed by atoms with Crippen LogP contribution in [0.25, 0.3) is 0 Å². The van der Waals surface area contributed by atoms with Crippen molar-refractivity contribution >= 4 is 17.2 Å². The number of thiazole rings is 1. The zero-order valence-corrected chi connectivity index (χ0v) is 13.7.